The smallest absolute Gasteiger partial charge is 0.0899 e. The van der Waals surface area contributed by atoms with Gasteiger partial charge in [-0.05, 0) is 13.5 Å². The van der Waals surface area contributed by atoms with Crippen LogP contribution in [0.25, 0.3) is 0 Å². The maximum absolute atomic E-state index is 3.98. The molecule has 0 radical (unpaired) electrons. The minimum absolute atomic E-state index is 0.691. The average Bonchev–Trinajstić information content (AvgIpc) is 1.89. The summed E-state index contributed by atoms with van der Waals surface area (Å²) in [4.78, 5) is 3.98. The number of nitrogens with one attached hydrogen (secondary N) is 2. The van der Waals surface area contributed by atoms with Crippen molar-refractivity contribution in [1.29, 1.82) is 0 Å². The Balaban J connectivity index is 2.86. The fraction of sp³-hybridized carbons (Fsp3) is 0.833. The molecule has 0 aromatic rings. The lowest BCUT2D eigenvalue weighted by molar-refractivity contribution is 0.812. The summed E-state index contributed by atoms with van der Waals surface area (Å²) in [6, 6.07) is 0. The molecule has 0 saturated heterocycles. The van der Waals surface area contributed by atoms with E-state index in [1.165, 1.54) is 0 Å². The van der Waals surface area contributed by atoms with E-state index in [0.29, 0.717) is 6.67 Å². The summed E-state index contributed by atoms with van der Waals surface area (Å²) in [6.45, 7) is 3.82. The zero-order chi connectivity index (χ0) is 6.95. The van der Waals surface area contributed by atoms with E-state index in [-0.39, 0.29) is 0 Å². The van der Waals surface area contributed by atoms with Crippen LogP contribution in [0, 0.1) is 0 Å². The molecule has 0 rings (SSSR count). The van der Waals surface area contributed by atoms with Crippen molar-refractivity contribution in [3.8, 4) is 0 Å². The molecule has 0 unspecified atom stereocenters. The third kappa shape index (κ3) is 7.43. The standard InChI is InChI=1S/C6H15N3/c1-3-4-8-6-9-5-7-2/h6-7H,3-5H2,1-2H3,(H,8,9). The zero-order valence-electron chi connectivity index (χ0n) is 6.15. The first-order chi connectivity index (χ1) is 4.41. The van der Waals surface area contributed by atoms with Crippen LogP contribution in [0.2, 0.25) is 0 Å². The third-order valence-electron chi connectivity index (χ3n) is 0.826. The van der Waals surface area contributed by atoms with Crippen LogP contribution in [0.5, 0.6) is 0 Å². The van der Waals surface area contributed by atoms with Crippen molar-refractivity contribution in [3.05, 3.63) is 0 Å². The second-order valence-electron chi connectivity index (χ2n) is 1.78. The van der Waals surface area contributed by atoms with Crippen molar-refractivity contribution < 1.29 is 0 Å². The molecule has 0 aromatic heterocycles. The van der Waals surface area contributed by atoms with Gasteiger partial charge in [0.25, 0.3) is 0 Å². The van der Waals surface area contributed by atoms with Crippen LogP contribution in [0.3, 0.4) is 0 Å². The van der Waals surface area contributed by atoms with Crippen LogP contribution < -0.4 is 10.6 Å². The molecule has 0 fully saturated rings. The summed E-state index contributed by atoms with van der Waals surface area (Å²) >= 11 is 0. The topological polar surface area (TPSA) is 36.4 Å². The molecule has 3 heteroatoms. The Hall–Kier alpha value is -0.570. The lowest BCUT2D eigenvalue weighted by atomic mass is 10.5. The summed E-state index contributed by atoms with van der Waals surface area (Å²) in [5, 5.41) is 5.94. The van der Waals surface area contributed by atoms with Gasteiger partial charge in [0.1, 0.15) is 0 Å². The molecule has 0 aliphatic carbocycles. The molecule has 0 amide bonds. The summed E-state index contributed by atoms with van der Waals surface area (Å²) in [6.07, 6.45) is 2.88. The van der Waals surface area contributed by atoms with Crippen molar-refractivity contribution in [2.45, 2.75) is 13.3 Å². The van der Waals surface area contributed by atoms with Crippen LogP contribution in [0.1, 0.15) is 13.3 Å². The number of hydrogen-bond acceptors (Lipinski definition) is 2. The molecule has 0 atom stereocenters. The van der Waals surface area contributed by atoms with Crippen molar-refractivity contribution in [3.63, 3.8) is 0 Å². The Morgan fingerprint density at radius 3 is 2.89 bits per heavy atom. The maximum Gasteiger partial charge on any atom is 0.0899 e. The first-order valence-corrected chi connectivity index (χ1v) is 3.28. The van der Waals surface area contributed by atoms with Gasteiger partial charge in [0, 0.05) is 6.54 Å². The second-order valence-corrected chi connectivity index (χ2v) is 1.78. The SMILES string of the molecule is CCCNC=NCNC. The van der Waals surface area contributed by atoms with E-state index in [4.69, 9.17) is 0 Å². The van der Waals surface area contributed by atoms with Gasteiger partial charge in [-0.2, -0.15) is 0 Å². The highest BCUT2D eigenvalue weighted by atomic mass is 15.0. The fourth-order valence-electron chi connectivity index (χ4n) is 0.410. The predicted octanol–water partition coefficient (Wildman–Crippen LogP) is 0.191. The van der Waals surface area contributed by atoms with Crippen LogP contribution in [-0.4, -0.2) is 26.6 Å². The highest BCUT2D eigenvalue weighted by molar-refractivity contribution is 5.53. The van der Waals surface area contributed by atoms with E-state index in [1.54, 1.807) is 6.34 Å². The van der Waals surface area contributed by atoms with Crippen molar-refractivity contribution in [1.82, 2.24) is 10.6 Å². The van der Waals surface area contributed by atoms with Crippen molar-refractivity contribution >= 4 is 6.34 Å². The summed E-state index contributed by atoms with van der Waals surface area (Å²) in [5.41, 5.74) is 0. The normalized spacial score (nSPS) is 10.4. The first kappa shape index (κ1) is 8.43. The number of aliphatic imine (C=N–C) groups is 1. The molecule has 0 aliphatic rings. The van der Waals surface area contributed by atoms with Gasteiger partial charge in [-0.1, -0.05) is 6.92 Å². The second kappa shape index (κ2) is 7.43. The number of rotatable bonds is 5. The third-order valence-corrected chi connectivity index (χ3v) is 0.826. The highest BCUT2D eigenvalue weighted by Crippen LogP contribution is 1.65. The van der Waals surface area contributed by atoms with E-state index in [1.807, 2.05) is 7.05 Å². The largest absolute Gasteiger partial charge is 0.376 e. The minimum atomic E-state index is 0.691. The minimum Gasteiger partial charge on any atom is -0.376 e. The molecule has 0 heterocycles. The van der Waals surface area contributed by atoms with Crippen LogP contribution in [-0.2, 0) is 0 Å². The number of nitrogens with zero attached hydrogens (tertiary/aromatic N) is 1. The van der Waals surface area contributed by atoms with Crippen molar-refractivity contribution in [2.75, 3.05) is 20.3 Å². The Labute approximate surface area is 56.6 Å². The van der Waals surface area contributed by atoms with E-state index in [9.17, 15) is 0 Å². The van der Waals surface area contributed by atoms with Gasteiger partial charge in [0.2, 0.25) is 0 Å². The molecular weight excluding hydrogens is 114 g/mol. The zero-order valence-corrected chi connectivity index (χ0v) is 6.15. The molecule has 3 nitrogen and oxygen atoms in total. The Morgan fingerprint density at radius 1 is 1.56 bits per heavy atom. The Morgan fingerprint density at radius 2 is 2.33 bits per heavy atom. The monoisotopic (exact) mass is 129 g/mol. The molecule has 2 N–H and O–H groups in total. The first-order valence-electron chi connectivity index (χ1n) is 3.28. The van der Waals surface area contributed by atoms with Gasteiger partial charge in [0.15, 0.2) is 0 Å². The molecule has 54 valence electrons. The van der Waals surface area contributed by atoms with Gasteiger partial charge in [0.05, 0.1) is 13.0 Å². The molecular formula is C6H15N3. The van der Waals surface area contributed by atoms with Gasteiger partial charge in [-0.3, -0.25) is 4.99 Å². The summed E-state index contributed by atoms with van der Waals surface area (Å²) in [7, 11) is 1.87. The molecule has 0 aliphatic heterocycles. The lowest BCUT2D eigenvalue weighted by Crippen LogP contribution is -2.14. The lowest BCUT2D eigenvalue weighted by Gasteiger charge is -1.93. The van der Waals surface area contributed by atoms with Gasteiger partial charge < -0.3 is 10.6 Å². The number of hydrogen-bond donors (Lipinski definition) is 2. The molecule has 0 saturated carbocycles. The summed E-state index contributed by atoms with van der Waals surface area (Å²) < 4.78 is 0. The molecule has 9 heavy (non-hydrogen) atoms. The van der Waals surface area contributed by atoms with Crippen LogP contribution in [0.15, 0.2) is 4.99 Å². The highest BCUT2D eigenvalue weighted by Gasteiger charge is 1.72. The van der Waals surface area contributed by atoms with Crippen LogP contribution >= 0.6 is 0 Å². The van der Waals surface area contributed by atoms with Gasteiger partial charge >= 0.3 is 0 Å². The Kier molecular flexibility index (Phi) is 6.96. The molecule has 0 spiro atoms. The quantitative estimate of drug-likeness (QED) is 0.316. The maximum atomic E-state index is 3.98. The van der Waals surface area contributed by atoms with E-state index in [0.717, 1.165) is 13.0 Å². The molecule has 0 aromatic carbocycles. The molecule has 0 bridgehead atoms. The fourth-order valence-corrected chi connectivity index (χ4v) is 0.410. The van der Waals surface area contributed by atoms with E-state index >= 15 is 0 Å². The summed E-state index contributed by atoms with van der Waals surface area (Å²) in [5.74, 6) is 0. The predicted molar refractivity (Wildman–Crippen MR) is 40.7 cm³/mol. The van der Waals surface area contributed by atoms with Crippen LogP contribution in [0.4, 0.5) is 0 Å². The average molecular weight is 129 g/mol. The van der Waals surface area contributed by atoms with Gasteiger partial charge in [-0.25, -0.2) is 0 Å². The Bertz CT molecular complexity index is 70.7. The van der Waals surface area contributed by atoms with E-state index in [2.05, 4.69) is 22.5 Å². The van der Waals surface area contributed by atoms with E-state index < -0.39 is 0 Å². The van der Waals surface area contributed by atoms with Crippen molar-refractivity contribution in [2.24, 2.45) is 4.99 Å². The van der Waals surface area contributed by atoms with Gasteiger partial charge in [-0.15, -0.1) is 0 Å².